The van der Waals surface area contributed by atoms with Crippen molar-refractivity contribution in [2.45, 2.75) is 45.3 Å². The summed E-state index contributed by atoms with van der Waals surface area (Å²) in [5, 5.41) is 7.27. The van der Waals surface area contributed by atoms with Gasteiger partial charge in [0.2, 0.25) is 0 Å². The number of rotatable bonds is 8. The molecule has 1 saturated heterocycles. The summed E-state index contributed by atoms with van der Waals surface area (Å²) in [4.78, 5) is 38.1. The van der Waals surface area contributed by atoms with Gasteiger partial charge in [0, 0.05) is 35.7 Å². The molecule has 1 aliphatic heterocycles. The van der Waals surface area contributed by atoms with E-state index in [2.05, 4.69) is 20.4 Å². The van der Waals surface area contributed by atoms with Crippen molar-refractivity contribution in [3.8, 4) is 11.3 Å². The first-order valence-corrected chi connectivity index (χ1v) is 14.1. The highest BCUT2D eigenvalue weighted by molar-refractivity contribution is 6.34. The standard InChI is InChI=1S/C29H32Cl2FN9O3/c1-29(2,3)44-28(43)39-20-7-6-17(26(32)25(20)31)21-14-35-27(38-21)23-9-10-24(40(23)4)37-19(11-12-42)18-13-16(30)5-8-22(18)41(34)15-36-33/h5-8,11-15,23H,9-10,33-34H2,1-4H3,(H,35,38)(H,39,43)/b19-11-,36-15-,37-24-. The number of amidine groups is 1. The lowest BCUT2D eigenvalue weighted by molar-refractivity contribution is -0.104. The Morgan fingerprint density at radius 3 is 2.73 bits per heavy atom. The summed E-state index contributed by atoms with van der Waals surface area (Å²) in [7, 11) is 1.85. The van der Waals surface area contributed by atoms with Crippen LogP contribution in [-0.2, 0) is 9.53 Å². The summed E-state index contributed by atoms with van der Waals surface area (Å²) in [5.74, 6) is 11.8. The van der Waals surface area contributed by atoms with Crippen LogP contribution >= 0.6 is 23.2 Å². The SMILES string of the molecule is CN1/C(=N\C(=C/C=O)c2cc(Cl)ccc2N(N)/C=N\N)CCC1c1ncc(-c2ccc(NC(=O)OC(C)(C)C)c(Cl)c2F)[nH]1. The number of hydrogen-bond acceptors (Lipinski definition) is 8. The Morgan fingerprint density at radius 1 is 1.30 bits per heavy atom. The molecule has 12 nitrogen and oxygen atoms in total. The van der Waals surface area contributed by atoms with Crippen molar-refractivity contribution in [1.29, 1.82) is 0 Å². The predicted molar refractivity (Wildman–Crippen MR) is 171 cm³/mol. The molecule has 1 fully saturated rings. The lowest BCUT2D eigenvalue weighted by Gasteiger charge is -2.21. The second-order valence-electron chi connectivity index (χ2n) is 10.8. The van der Waals surface area contributed by atoms with Gasteiger partial charge in [-0.3, -0.25) is 15.1 Å². The van der Waals surface area contributed by atoms with Crippen molar-refractivity contribution in [2.75, 3.05) is 17.4 Å². The average Bonchev–Trinajstić information content (AvgIpc) is 3.57. The zero-order valence-corrected chi connectivity index (χ0v) is 25.9. The van der Waals surface area contributed by atoms with Gasteiger partial charge in [-0.1, -0.05) is 23.2 Å². The molecular weight excluding hydrogens is 612 g/mol. The molecule has 3 aromatic rings. The van der Waals surface area contributed by atoms with Crippen molar-refractivity contribution < 1.29 is 18.7 Å². The maximum atomic E-state index is 15.3. The van der Waals surface area contributed by atoms with E-state index in [1.807, 2.05) is 11.9 Å². The first kappa shape index (κ1) is 32.5. The van der Waals surface area contributed by atoms with Crippen LogP contribution in [0.3, 0.4) is 0 Å². The van der Waals surface area contributed by atoms with Crippen LogP contribution in [0.4, 0.5) is 20.6 Å². The number of ether oxygens (including phenoxy) is 1. The minimum absolute atomic E-state index is 0.0772. The number of nitrogens with one attached hydrogen (secondary N) is 2. The third-order valence-electron chi connectivity index (χ3n) is 6.61. The number of hydrazone groups is 1. The highest BCUT2D eigenvalue weighted by atomic mass is 35.5. The molecule has 15 heteroatoms. The van der Waals surface area contributed by atoms with Crippen molar-refractivity contribution in [1.82, 2.24) is 14.9 Å². The van der Waals surface area contributed by atoms with Gasteiger partial charge in [-0.05, 0) is 57.5 Å². The van der Waals surface area contributed by atoms with Crippen LogP contribution in [0.5, 0.6) is 0 Å². The van der Waals surface area contributed by atoms with Crippen molar-refractivity contribution in [2.24, 2.45) is 21.8 Å². The van der Waals surface area contributed by atoms with Crippen LogP contribution in [0.25, 0.3) is 17.0 Å². The molecule has 2 aromatic carbocycles. The second kappa shape index (κ2) is 13.5. The van der Waals surface area contributed by atoms with Gasteiger partial charge in [-0.15, -0.1) is 0 Å². The number of carbonyl (C=O) groups is 2. The molecular formula is C29H32Cl2FN9O3. The van der Waals surface area contributed by atoms with E-state index in [-0.39, 0.29) is 22.3 Å². The number of aromatic amines is 1. The summed E-state index contributed by atoms with van der Waals surface area (Å²) < 4.78 is 20.6. The van der Waals surface area contributed by atoms with E-state index in [9.17, 15) is 9.59 Å². The molecule has 2 heterocycles. The van der Waals surface area contributed by atoms with E-state index in [4.69, 9.17) is 44.6 Å². The first-order chi connectivity index (χ1) is 20.8. The van der Waals surface area contributed by atoms with Crippen LogP contribution in [-0.4, -0.2) is 52.1 Å². The highest BCUT2D eigenvalue weighted by Crippen LogP contribution is 2.37. The highest BCUT2D eigenvalue weighted by Gasteiger charge is 2.31. The fraction of sp³-hybridized carbons (Fsp3) is 0.276. The normalized spacial score (nSPS) is 16.5. The predicted octanol–water partition coefficient (Wildman–Crippen LogP) is 5.86. The molecule has 232 valence electrons. The Morgan fingerprint density at radius 2 is 2.05 bits per heavy atom. The zero-order valence-electron chi connectivity index (χ0n) is 24.4. The number of allylic oxidation sites excluding steroid dienone is 1. The van der Waals surface area contributed by atoms with E-state index >= 15 is 4.39 Å². The smallest absolute Gasteiger partial charge is 0.412 e. The number of likely N-dealkylation sites (tertiary alicyclic amines) is 1. The summed E-state index contributed by atoms with van der Waals surface area (Å²) in [6.45, 7) is 5.15. The molecule has 1 aliphatic rings. The molecule has 1 atom stereocenters. The largest absolute Gasteiger partial charge is 0.444 e. The number of nitrogens with zero attached hydrogens (tertiary/aromatic N) is 5. The monoisotopic (exact) mass is 643 g/mol. The van der Waals surface area contributed by atoms with Gasteiger partial charge in [0.25, 0.3) is 0 Å². The Labute approximate surface area is 263 Å². The number of nitrogens with two attached hydrogens (primary N) is 2. The van der Waals surface area contributed by atoms with Gasteiger partial charge in [0.1, 0.15) is 34.9 Å². The van der Waals surface area contributed by atoms with Crippen LogP contribution in [0, 0.1) is 5.82 Å². The third-order valence-corrected chi connectivity index (χ3v) is 7.22. The van der Waals surface area contributed by atoms with E-state index in [1.54, 1.807) is 39.0 Å². The Hall–Kier alpha value is -4.46. The minimum atomic E-state index is -0.750. The van der Waals surface area contributed by atoms with Crippen LogP contribution in [0.15, 0.2) is 52.7 Å². The number of anilines is 2. The number of amides is 1. The lowest BCUT2D eigenvalue weighted by atomic mass is 10.1. The number of benzene rings is 2. The van der Waals surface area contributed by atoms with E-state index in [0.717, 1.165) is 0 Å². The number of halogens is 3. The number of hydrazine groups is 1. The average molecular weight is 645 g/mol. The quantitative estimate of drug-likeness (QED) is 0.0591. The fourth-order valence-corrected chi connectivity index (χ4v) is 5.03. The molecule has 0 spiro atoms. The van der Waals surface area contributed by atoms with Gasteiger partial charge in [-0.2, -0.15) is 5.10 Å². The van der Waals surface area contributed by atoms with E-state index in [1.165, 1.54) is 35.8 Å². The van der Waals surface area contributed by atoms with Gasteiger partial charge < -0.3 is 20.5 Å². The second-order valence-corrected chi connectivity index (χ2v) is 11.6. The van der Waals surface area contributed by atoms with Crippen molar-refractivity contribution in [3.63, 3.8) is 0 Å². The van der Waals surface area contributed by atoms with Gasteiger partial charge in [0.15, 0.2) is 5.82 Å². The number of hydrogen-bond donors (Lipinski definition) is 4. The van der Waals surface area contributed by atoms with Crippen LogP contribution in [0.1, 0.15) is 51.0 Å². The molecule has 1 aromatic heterocycles. The zero-order chi connectivity index (χ0) is 32.2. The number of aromatic nitrogens is 2. The van der Waals surface area contributed by atoms with Gasteiger partial charge >= 0.3 is 6.09 Å². The van der Waals surface area contributed by atoms with Crippen LogP contribution in [0.2, 0.25) is 10.0 Å². The molecule has 4 rings (SSSR count). The van der Waals surface area contributed by atoms with Crippen molar-refractivity contribution >= 4 is 64.8 Å². The van der Waals surface area contributed by atoms with E-state index < -0.39 is 17.5 Å². The molecule has 0 aliphatic carbocycles. The van der Waals surface area contributed by atoms with Gasteiger partial charge in [-0.25, -0.2) is 25.0 Å². The molecule has 1 unspecified atom stereocenters. The molecule has 0 bridgehead atoms. The molecule has 6 N–H and O–H groups in total. The fourth-order valence-electron chi connectivity index (χ4n) is 4.64. The summed E-state index contributed by atoms with van der Waals surface area (Å²) in [6.07, 6.45) is 5.12. The Balaban J connectivity index is 1.58. The van der Waals surface area contributed by atoms with E-state index in [0.29, 0.717) is 58.5 Å². The third kappa shape index (κ3) is 7.36. The molecule has 1 amide bonds. The maximum Gasteiger partial charge on any atom is 0.412 e. The number of carbonyl (C=O) groups excluding carboxylic acids is 2. The molecule has 44 heavy (non-hydrogen) atoms. The molecule has 0 saturated carbocycles. The number of aldehydes is 1. The Kier molecular flexibility index (Phi) is 9.92. The number of aliphatic imine (C=N–C) groups is 1. The minimum Gasteiger partial charge on any atom is -0.444 e. The molecule has 0 radical (unpaired) electrons. The Bertz CT molecular complexity index is 1650. The summed E-state index contributed by atoms with van der Waals surface area (Å²) in [5.41, 5.74) is 1.23. The lowest BCUT2D eigenvalue weighted by Crippen LogP contribution is -2.30. The van der Waals surface area contributed by atoms with Crippen molar-refractivity contribution in [3.05, 3.63) is 69.9 Å². The maximum absolute atomic E-state index is 15.3. The van der Waals surface area contributed by atoms with Gasteiger partial charge in [0.05, 0.1) is 35.0 Å². The summed E-state index contributed by atoms with van der Waals surface area (Å²) in [6, 6.07) is 7.70. The van der Waals surface area contributed by atoms with Crippen LogP contribution < -0.4 is 22.0 Å². The topological polar surface area (TPSA) is 167 Å². The number of imidazole rings is 1. The summed E-state index contributed by atoms with van der Waals surface area (Å²) >= 11 is 12.5. The number of H-pyrrole nitrogens is 1. The first-order valence-electron chi connectivity index (χ1n) is 13.4.